The molecule has 0 aliphatic heterocycles. The number of aromatic nitrogens is 2. The third kappa shape index (κ3) is 1.84. The van der Waals surface area contributed by atoms with Gasteiger partial charge in [0.2, 0.25) is 0 Å². The lowest BCUT2D eigenvalue weighted by Crippen LogP contribution is -1.97. The summed E-state index contributed by atoms with van der Waals surface area (Å²) in [6, 6.07) is 2.03. The molecular formula is C7H11BrN2. The van der Waals surface area contributed by atoms with Gasteiger partial charge in [-0.1, -0.05) is 22.9 Å². The first-order chi connectivity index (χ1) is 4.86. The molecule has 0 aromatic carbocycles. The lowest BCUT2D eigenvalue weighted by Gasteiger charge is -1.94. The molecule has 1 aromatic heterocycles. The Morgan fingerprint density at radius 2 is 2.50 bits per heavy atom. The van der Waals surface area contributed by atoms with Crippen LogP contribution in [0.5, 0.6) is 0 Å². The maximum atomic E-state index is 4.29. The van der Waals surface area contributed by atoms with Crippen LogP contribution in [-0.2, 0) is 11.9 Å². The molecule has 10 heavy (non-hydrogen) atoms. The molecule has 0 fully saturated rings. The molecule has 0 N–H and O–H groups in total. The molecule has 56 valence electrons. The number of hydrogen-bond acceptors (Lipinski definition) is 1. The minimum atomic E-state index is 0.851. The van der Waals surface area contributed by atoms with Crippen molar-refractivity contribution in [1.29, 1.82) is 0 Å². The van der Waals surface area contributed by atoms with Crippen LogP contribution in [0.15, 0.2) is 12.3 Å². The van der Waals surface area contributed by atoms with Gasteiger partial charge in [0, 0.05) is 18.1 Å². The van der Waals surface area contributed by atoms with Crippen molar-refractivity contribution in [2.45, 2.75) is 25.2 Å². The van der Waals surface area contributed by atoms with Crippen molar-refractivity contribution in [1.82, 2.24) is 9.78 Å². The third-order valence-corrected chi connectivity index (χ3v) is 1.86. The van der Waals surface area contributed by atoms with E-state index in [1.54, 1.807) is 0 Å². The number of alkyl halides is 1. The largest absolute Gasteiger partial charge is 0.272 e. The number of nitrogens with zero attached hydrogens (tertiary/aromatic N) is 2. The normalized spacial score (nSPS) is 10.2. The van der Waals surface area contributed by atoms with Crippen molar-refractivity contribution in [3.05, 3.63) is 18.0 Å². The molecule has 0 amide bonds. The van der Waals surface area contributed by atoms with Crippen molar-refractivity contribution in [2.24, 2.45) is 0 Å². The summed E-state index contributed by atoms with van der Waals surface area (Å²) in [6.07, 6.45) is 3.16. The van der Waals surface area contributed by atoms with Crippen LogP contribution in [0.25, 0.3) is 0 Å². The highest BCUT2D eigenvalue weighted by atomic mass is 79.9. The lowest BCUT2D eigenvalue weighted by molar-refractivity contribution is 0.598. The Morgan fingerprint density at radius 3 is 3.00 bits per heavy atom. The Balaban J connectivity index is 2.59. The minimum absolute atomic E-state index is 0.851. The smallest absolute Gasteiger partial charge is 0.0729 e. The Kier molecular flexibility index (Phi) is 2.93. The van der Waals surface area contributed by atoms with E-state index >= 15 is 0 Å². The first-order valence-electron chi connectivity index (χ1n) is 3.45. The highest BCUT2D eigenvalue weighted by Crippen LogP contribution is 2.01. The lowest BCUT2D eigenvalue weighted by atomic mass is 10.5. The third-order valence-electron chi connectivity index (χ3n) is 1.29. The first-order valence-corrected chi connectivity index (χ1v) is 4.57. The van der Waals surface area contributed by atoms with Crippen LogP contribution in [0.2, 0.25) is 0 Å². The monoisotopic (exact) mass is 202 g/mol. The van der Waals surface area contributed by atoms with E-state index in [2.05, 4.69) is 28.0 Å². The van der Waals surface area contributed by atoms with Gasteiger partial charge in [-0.25, -0.2) is 0 Å². The summed E-state index contributed by atoms with van der Waals surface area (Å²) in [4.78, 5) is 0. The summed E-state index contributed by atoms with van der Waals surface area (Å²) in [5, 5.41) is 5.14. The molecule has 0 saturated carbocycles. The molecule has 0 bridgehead atoms. The zero-order valence-electron chi connectivity index (χ0n) is 6.05. The minimum Gasteiger partial charge on any atom is -0.272 e. The Morgan fingerprint density at radius 1 is 1.70 bits per heavy atom. The van der Waals surface area contributed by atoms with Gasteiger partial charge in [0.05, 0.1) is 5.69 Å². The van der Waals surface area contributed by atoms with Gasteiger partial charge in [0.25, 0.3) is 0 Å². The van der Waals surface area contributed by atoms with Gasteiger partial charge in [0.1, 0.15) is 0 Å². The van der Waals surface area contributed by atoms with Crippen LogP contribution in [0.3, 0.4) is 0 Å². The van der Waals surface area contributed by atoms with Crippen LogP contribution in [-0.4, -0.2) is 9.78 Å². The quantitative estimate of drug-likeness (QED) is 0.688. The van der Waals surface area contributed by atoms with Crippen LogP contribution in [0, 0.1) is 0 Å². The van der Waals surface area contributed by atoms with Gasteiger partial charge in [-0.2, -0.15) is 5.10 Å². The molecule has 0 atom stereocenters. The van der Waals surface area contributed by atoms with Gasteiger partial charge in [-0.05, 0) is 12.5 Å². The average molecular weight is 203 g/mol. The molecular weight excluding hydrogens is 192 g/mol. The number of halogens is 1. The molecule has 1 aromatic rings. The zero-order chi connectivity index (χ0) is 7.40. The molecule has 1 heterocycles. The molecule has 3 heteroatoms. The summed E-state index contributed by atoms with van der Waals surface area (Å²) in [5.41, 5.74) is 1.11. The van der Waals surface area contributed by atoms with Crippen LogP contribution in [0.1, 0.15) is 19.0 Å². The van der Waals surface area contributed by atoms with E-state index in [0.29, 0.717) is 0 Å². The summed E-state index contributed by atoms with van der Waals surface area (Å²) < 4.78 is 1.97. The predicted octanol–water partition coefficient (Wildman–Crippen LogP) is 2.19. The summed E-state index contributed by atoms with van der Waals surface area (Å²) in [6.45, 7) is 3.17. The highest BCUT2D eigenvalue weighted by molar-refractivity contribution is 9.08. The second-order valence-corrected chi connectivity index (χ2v) is 2.76. The first kappa shape index (κ1) is 7.79. The van der Waals surface area contributed by atoms with Crippen molar-refractivity contribution >= 4 is 15.9 Å². The van der Waals surface area contributed by atoms with Crippen LogP contribution >= 0.6 is 15.9 Å². The molecule has 0 aliphatic rings. The van der Waals surface area contributed by atoms with E-state index in [1.807, 2.05) is 16.9 Å². The molecule has 0 spiro atoms. The van der Waals surface area contributed by atoms with E-state index in [4.69, 9.17) is 0 Å². The van der Waals surface area contributed by atoms with E-state index in [9.17, 15) is 0 Å². The second kappa shape index (κ2) is 3.76. The van der Waals surface area contributed by atoms with Gasteiger partial charge < -0.3 is 0 Å². The van der Waals surface area contributed by atoms with Crippen LogP contribution < -0.4 is 0 Å². The van der Waals surface area contributed by atoms with Gasteiger partial charge in [0.15, 0.2) is 0 Å². The van der Waals surface area contributed by atoms with Gasteiger partial charge >= 0.3 is 0 Å². The SMILES string of the molecule is CCCn1ccc(CBr)n1. The highest BCUT2D eigenvalue weighted by Gasteiger charge is 1.93. The molecule has 0 saturated heterocycles. The van der Waals surface area contributed by atoms with Crippen molar-refractivity contribution in [3.63, 3.8) is 0 Å². The average Bonchev–Trinajstić information content (AvgIpc) is 2.37. The molecule has 1 rings (SSSR count). The Labute approximate surface area is 69.4 Å². The molecule has 0 radical (unpaired) electrons. The topological polar surface area (TPSA) is 17.8 Å². The zero-order valence-corrected chi connectivity index (χ0v) is 7.63. The van der Waals surface area contributed by atoms with Crippen LogP contribution in [0.4, 0.5) is 0 Å². The van der Waals surface area contributed by atoms with Gasteiger partial charge in [-0.3, -0.25) is 4.68 Å². The number of aryl methyl sites for hydroxylation is 1. The summed E-state index contributed by atoms with van der Waals surface area (Å²) in [7, 11) is 0. The van der Waals surface area contributed by atoms with E-state index in [-0.39, 0.29) is 0 Å². The Hall–Kier alpha value is -0.310. The molecule has 0 aliphatic carbocycles. The molecule has 0 unspecified atom stereocenters. The number of rotatable bonds is 3. The standard InChI is InChI=1S/C7H11BrN2/c1-2-4-10-5-3-7(6-8)9-10/h3,5H,2,4,6H2,1H3. The second-order valence-electron chi connectivity index (χ2n) is 2.20. The van der Waals surface area contributed by atoms with Crippen molar-refractivity contribution in [2.75, 3.05) is 0 Å². The van der Waals surface area contributed by atoms with E-state index < -0.39 is 0 Å². The maximum absolute atomic E-state index is 4.29. The fraction of sp³-hybridized carbons (Fsp3) is 0.571. The number of hydrogen-bond donors (Lipinski definition) is 0. The predicted molar refractivity (Wildman–Crippen MR) is 45.1 cm³/mol. The van der Waals surface area contributed by atoms with Gasteiger partial charge in [-0.15, -0.1) is 0 Å². The fourth-order valence-corrected chi connectivity index (χ4v) is 1.13. The van der Waals surface area contributed by atoms with Crippen molar-refractivity contribution < 1.29 is 0 Å². The summed E-state index contributed by atoms with van der Waals surface area (Å²) in [5.74, 6) is 0. The maximum Gasteiger partial charge on any atom is 0.0729 e. The van der Waals surface area contributed by atoms with E-state index in [1.165, 1.54) is 0 Å². The Bertz CT molecular complexity index is 195. The fourth-order valence-electron chi connectivity index (χ4n) is 0.829. The van der Waals surface area contributed by atoms with Crippen molar-refractivity contribution in [3.8, 4) is 0 Å². The summed E-state index contributed by atoms with van der Waals surface area (Å²) >= 11 is 3.35. The molecule has 2 nitrogen and oxygen atoms in total. The van der Waals surface area contributed by atoms with E-state index in [0.717, 1.165) is 24.0 Å².